The smallest absolute Gasteiger partial charge is 0.238 e. The highest BCUT2D eigenvalue weighted by Gasteiger charge is 2.48. The molecule has 0 rings (SSSR count). The maximum Gasteiger partial charge on any atom is 0.238 e. The topological polar surface area (TPSA) is 55.1 Å². The van der Waals surface area contributed by atoms with E-state index in [9.17, 15) is 4.79 Å². The van der Waals surface area contributed by atoms with Crippen molar-refractivity contribution in [1.82, 2.24) is 5.32 Å². The Bertz CT molecular complexity index is 276. The van der Waals surface area contributed by atoms with Crippen molar-refractivity contribution in [2.24, 2.45) is 35.3 Å². The first-order valence-electron chi connectivity index (χ1n) is 7.62. The molecule has 0 saturated heterocycles. The highest BCUT2D eigenvalue weighted by Crippen LogP contribution is 2.37. The average Bonchev–Trinajstić information content (AvgIpc) is 2.21. The summed E-state index contributed by atoms with van der Waals surface area (Å²) >= 11 is 0. The monoisotopic (exact) mass is 270 g/mol. The van der Waals surface area contributed by atoms with E-state index >= 15 is 0 Å². The molecule has 1 amide bonds. The van der Waals surface area contributed by atoms with Crippen molar-refractivity contribution in [2.75, 3.05) is 6.54 Å². The van der Waals surface area contributed by atoms with Crippen LogP contribution in [0.3, 0.4) is 0 Å². The molecule has 0 radical (unpaired) electrons. The van der Waals surface area contributed by atoms with E-state index in [0.29, 0.717) is 17.8 Å². The zero-order chi connectivity index (χ0) is 15.4. The standard InChI is InChI=1S/C16H34N2O/c1-10(2)9-18-16(13(7)8,15(17)19)14(11(3)4)12(5)6/h10-14,18H,9H2,1-8H3,(H2,17,19). The SMILES string of the molecule is CC(C)CNC(C(N)=O)(C(C)C)C(C(C)C)C(C)C. The van der Waals surface area contributed by atoms with E-state index in [2.05, 4.69) is 60.7 Å². The number of rotatable bonds is 8. The van der Waals surface area contributed by atoms with Crippen molar-refractivity contribution < 1.29 is 4.79 Å². The van der Waals surface area contributed by atoms with Gasteiger partial charge in [-0.25, -0.2) is 0 Å². The number of amides is 1. The lowest BCUT2D eigenvalue weighted by molar-refractivity contribution is -0.131. The summed E-state index contributed by atoms with van der Waals surface area (Å²) in [5.74, 6) is 1.53. The highest BCUT2D eigenvalue weighted by molar-refractivity contribution is 5.85. The summed E-state index contributed by atoms with van der Waals surface area (Å²) in [5, 5.41) is 3.52. The fourth-order valence-electron chi connectivity index (χ4n) is 3.44. The minimum atomic E-state index is -0.618. The van der Waals surface area contributed by atoms with Crippen molar-refractivity contribution in [3.05, 3.63) is 0 Å². The molecule has 0 aliphatic rings. The van der Waals surface area contributed by atoms with Crippen LogP contribution in [-0.4, -0.2) is 18.0 Å². The van der Waals surface area contributed by atoms with Gasteiger partial charge in [-0.15, -0.1) is 0 Å². The van der Waals surface area contributed by atoms with Gasteiger partial charge in [-0.2, -0.15) is 0 Å². The Hall–Kier alpha value is -0.570. The Morgan fingerprint density at radius 2 is 1.42 bits per heavy atom. The third-order valence-electron chi connectivity index (χ3n) is 4.08. The molecule has 0 aliphatic carbocycles. The van der Waals surface area contributed by atoms with Crippen LogP contribution in [-0.2, 0) is 4.79 Å². The quantitative estimate of drug-likeness (QED) is 0.712. The molecule has 3 nitrogen and oxygen atoms in total. The number of carbonyl (C=O) groups excluding carboxylic acids is 1. The summed E-state index contributed by atoms with van der Waals surface area (Å²) in [6.07, 6.45) is 0. The number of nitrogens with two attached hydrogens (primary N) is 1. The molecular weight excluding hydrogens is 236 g/mol. The first-order valence-corrected chi connectivity index (χ1v) is 7.62. The van der Waals surface area contributed by atoms with E-state index in [1.165, 1.54) is 0 Å². The van der Waals surface area contributed by atoms with Crippen LogP contribution in [0.1, 0.15) is 55.4 Å². The third kappa shape index (κ3) is 4.20. The fraction of sp³-hybridized carbons (Fsp3) is 0.938. The van der Waals surface area contributed by atoms with Crippen LogP contribution in [0, 0.1) is 29.6 Å². The summed E-state index contributed by atoms with van der Waals surface area (Å²) in [4.78, 5) is 12.3. The summed E-state index contributed by atoms with van der Waals surface area (Å²) in [7, 11) is 0. The van der Waals surface area contributed by atoms with Crippen LogP contribution in [0.5, 0.6) is 0 Å². The van der Waals surface area contributed by atoms with Gasteiger partial charge in [0, 0.05) is 0 Å². The van der Waals surface area contributed by atoms with Crippen LogP contribution < -0.4 is 11.1 Å². The number of nitrogens with one attached hydrogen (secondary N) is 1. The zero-order valence-electron chi connectivity index (χ0n) is 14.1. The first-order chi connectivity index (χ1) is 8.57. The van der Waals surface area contributed by atoms with Gasteiger partial charge in [0.15, 0.2) is 0 Å². The Morgan fingerprint density at radius 1 is 1.00 bits per heavy atom. The lowest BCUT2D eigenvalue weighted by Gasteiger charge is -2.46. The molecule has 0 aromatic carbocycles. The minimum Gasteiger partial charge on any atom is -0.368 e. The first kappa shape index (κ1) is 18.4. The number of hydrogen-bond donors (Lipinski definition) is 2. The Labute approximate surface area is 119 Å². The van der Waals surface area contributed by atoms with Gasteiger partial charge in [-0.3, -0.25) is 4.79 Å². The van der Waals surface area contributed by atoms with Crippen molar-refractivity contribution in [3.8, 4) is 0 Å². The van der Waals surface area contributed by atoms with Crippen molar-refractivity contribution in [3.63, 3.8) is 0 Å². The van der Waals surface area contributed by atoms with E-state index in [1.807, 2.05) is 0 Å². The molecule has 0 heterocycles. The van der Waals surface area contributed by atoms with Crippen molar-refractivity contribution in [2.45, 2.75) is 60.9 Å². The van der Waals surface area contributed by atoms with Crippen molar-refractivity contribution >= 4 is 5.91 Å². The van der Waals surface area contributed by atoms with Gasteiger partial charge in [0.05, 0.1) is 0 Å². The van der Waals surface area contributed by atoms with Crippen LogP contribution in [0.25, 0.3) is 0 Å². The van der Waals surface area contributed by atoms with E-state index in [-0.39, 0.29) is 17.7 Å². The number of primary amides is 1. The predicted molar refractivity (Wildman–Crippen MR) is 82.8 cm³/mol. The maximum atomic E-state index is 12.3. The largest absolute Gasteiger partial charge is 0.368 e. The van der Waals surface area contributed by atoms with Gasteiger partial charge in [0.2, 0.25) is 5.91 Å². The second kappa shape index (κ2) is 7.28. The molecule has 0 aliphatic heterocycles. The molecular formula is C16H34N2O. The minimum absolute atomic E-state index is 0.179. The van der Waals surface area contributed by atoms with Gasteiger partial charge < -0.3 is 11.1 Å². The lowest BCUT2D eigenvalue weighted by atomic mass is 9.65. The van der Waals surface area contributed by atoms with E-state index in [0.717, 1.165) is 6.54 Å². The lowest BCUT2D eigenvalue weighted by Crippen LogP contribution is -2.66. The fourth-order valence-corrected chi connectivity index (χ4v) is 3.44. The summed E-state index contributed by atoms with van der Waals surface area (Å²) in [6, 6.07) is 0. The molecule has 114 valence electrons. The molecule has 0 spiro atoms. The van der Waals surface area contributed by atoms with E-state index in [4.69, 9.17) is 5.73 Å². The molecule has 0 bridgehead atoms. The van der Waals surface area contributed by atoms with Gasteiger partial charge >= 0.3 is 0 Å². The second-order valence-corrected chi connectivity index (χ2v) is 7.18. The third-order valence-corrected chi connectivity index (χ3v) is 4.08. The molecule has 19 heavy (non-hydrogen) atoms. The molecule has 0 fully saturated rings. The van der Waals surface area contributed by atoms with Gasteiger partial charge in [-0.1, -0.05) is 55.4 Å². The molecule has 3 heteroatoms. The van der Waals surface area contributed by atoms with E-state index < -0.39 is 5.54 Å². The highest BCUT2D eigenvalue weighted by atomic mass is 16.1. The van der Waals surface area contributed by atoms with Crippen LogP contribution in [0.15, 0.2) is 0 Å². The predicted octanol–water partition coefficient (Wildman–Crippen LogP) is 3.04. The molecule has 3 N–H and O–H groups in total. The molecule has 0 saturated carbocycles. The number of hydrogen-bond acceptors (Lipinski definition) is 2. The van der Waals surface area contributed by atoms with Crippen molar-refractivity contribution in [1.29, 1.82) is 0 Å². The molecule has 0 aromatic rings. The summed E-state index contributed by atoms with van der Waals surface area (Å²) in [6.45, 7) is 18.0. The molecule has 1 atom stereocenters. The van der Waals surface area contributed by atoms with Gasteiger partial charge in [0.25, 0.3) is 0 Å². The van der Waals surface area contributed by atoms with Crippen LogP contribution in [0.2, 0.25) is 0 Å². The van der Waals surface area contributed by atoms with Crippen LogP contribution in [0.4, 0.5) is 0 Å². The van der Waals surface area contributed by atoms with Crippen LogP contribution >= 0.6 is 0 Å². The second-order valence-electron chi connectivity index (χ2n) is 7.18. The average molecular weight is 270 g/mol. The molecule has 0 aromatic heterocycles. The van der Waals surface area contributed by atoms with E-state index in [1.54, 1.807) is 0 Å². The normalized spacial score (nSPS) is 15.8. The Balaban J connectivity index is 5.61. The van der Waals surface area contributed by atoms with Gasteiger partial charge in [-0.05, 0) is 36.1 Å². The number of carbonyl (C=O) groups is 1. The Kier molecular flexibility index (Phi) is 7.06. The Morgan fingerprint density at radius 3 is 1.63 bits per heavy atom. The summed E-state index contributed by atoms with van der Waals surface area (Å²) < 4.78 is 0. The summed E-state index contributed by atoms with van der Waals surface area (Å²) in [5.41, 5.74) is 5.22. The van der Waals surface area contributed by atoms with Gasteiger partial charge in [0.1, 0.15) is 5.54 Å². The zero-order valence-corrected chi connectivity index (χ0v) is 14.1. The molecule has 1 unspecified atom stereocenters. The maximum absolute atomic E-state index is 12.3.